The highest BCUT2D eigenvalue weighted by Gasteiger charge is 2.45. The highest BCUT2D eigenvalue weighted by atomic mass is 28.4. The molecule has 0 aliphatic carbocycles. The van der Waals surface area contributed by atoms with Crippen molar-refractivity contribution in [3.63, 3.8) is 0 Å². The zero-order chi connectivity index (χ0) is 43.5. The van der Waals surface area contributed by atoms with Gasteiger partial charge in [-0.15, -0.1) is 0 Å². The van der Waals surface area contributed by atoms with Gasteiger partial charge in [-0.1, -0.05) is 87.5 Å². The average Bonchev–Trinajstić information content (AvgIpc) is 3.62. The Bertz CT molecular complexity index is 2230. The van der Waals surface area contributed by atoms with Crippen molar-refractivity contribution in [1.82, 2.24) is 19.8 Å². The number of nitrogens with zero attached hydrogens (tertiary/aromatic N) is 7. The van der Waals surface area contributed by atoms with Crippen molar-refractivity contribution in [3.05, 3.63) is 89.6 Å². The van der Waals surface area contributed by atoms with Crippen LogP contribution in [0, 0.1) is 11.3 Å². The molecule has 3 aliphatic rings. The molecule has 3 aromatic carbocycles. The number of rotatable bonds is 10. The number of carbonyl (C=O) groups is 2. The standard InChI is InChI=1S/C47H61N7O6Si/c1-46(2,3)59-45(56)54-29-37(60-61(7,8)47(4,5)6)27-36(54)32-57-43-49-40-30-51(41-20-14-18-34-17-12-13-19-38(34)41)24-22-39(40)42(50-43)52-25-26-53(35(28-52)21-23-48)44(55)58-31-33-15-10-9-11-16-33/h9-20,35-37H,21-22,24-32H2,1-8H3/t35?,36-,37+/m0/s1. The summed E-state index contributed by atoms with van der Waals surface area (Å²) in [6.07, 6.45) is 0.426. The number of aromatic nitrogens is 2. The van der Waals surface area contributed by atoms with Gasteiger partial charge in [0.15, 0.2) is 8.32 Å². The normalized spacial score (nSPS) is 19.7. The van der Waals surface area contributed by atoms with Crippen LogP contribution >= 0.6 is 0 Å². The van der Waals surface area contributed by atoms with Crippen molar-refractivity contribution < 1.29 is 28.2 Å². The summed E-state index contributed by atoms with van der Waals surface area (Å²) in [6, 6.07) is 26.1. The van der Waals surface area contributed by atoms with Crippen molar-refractivity contribution in [3.8, 4) is 12.1 Å². The summed E-state index contributed by atoms with van der Waals surface area (Å²) in [7, 11) is -2.14. The van der Waals surface area contributed by atoms with Crippen molar-refractivity contribution in [2.24, 2.45) is 0 Å². The Hall–Kier alpha value is -5.39. The summed E-state index contributed by atoms with van der Waals surface area (Å²) >= 11 is 0. The molecule has 3 atom stereocenters. The SMILES string of the molecule is CC(C)(C)OC(=O)N1C[C@H](O[Si](C)(C)C(C)(C)C)C[C@H]1COc1nc2c(c(N3CCN(C(=O)OCc4ccccc4)C(CC#N)C3)n1)CCN(c1cccc3ccccc13)C2. The van der Waals surface area contributed by atoms with E-state index in [2.05, 4.69) is 92.2 Å². The van der Waals surface area contributed by atoms with Crippen LogP contribution in [-0.2, 0) is 33.5 Å². The first-order valence-corrected chi connectivity index (χ1v) is 24.4. The molecule has 0 N–H and O–H groups in total. The minimum Gasteiger partial charge on any atom is -0.461 e. The van der Waals surface area contributed by atoms with E-state index < -0.39 is 32.1 Å². The van der Waals surface area contributed by atoms with Crippen molar-refractivity contribution in [2.45, 2.75) is 116 Å². The molecule has 324 valence electrons. The molecule has 1 unspecified atom stereocenters. The number of amides is 2. The average molecular weight is 848 g/mol. The number of hydrogen-bond donors (Lipinski definition) is 0. The number of fused-ring (bicyclic) bond motifs is 2. The fourth-order valence-corrected chi connectivity index (χ4v) is 9.56. The molecule has 4 aromatic rings. The summed E-state index contributed by atoms with van der Waals surface area (Å²) in [4.78, 5) is 45.2. The molecular formula is C47H61N7O6Si. The number of ether oxygens (including phenoxy) is 3. The van der Waals surface area contributed by atoms with E-state index in [9.17, 15) is 14.9 Å². The third kappa shape index (κ3) is 10.2. The van der Waals surface area contributed by atoms with Gasteiger partial charge in [0, 0.05) is 49.4 Å². The monoisotopic (exact) mass is 847 g/mol. The molecule has 3 aliphatic heterocycles. The van der Waals surface area contributed by atoms with Gasteiger partial charge in [0.2, 0.25) is 0 Å². The Morgan fingerprint density at radius 3 is 2.31 bits per heavy atom. The first-order chi connectivity index (χ1) is 29.0. The van der Waals surface area contributed by atoms with E-state index in [1.807, 2.05) is 51.1 Å². The topological polar surface area (TPSA) is 134 Å². The lowest BCUT2D eigenvalue weighted by Gasteiger charge is -2.42. The lowest BCUT2D eigenvalue weighted by atomic mass is 10.0. The zero-order valence-electron chi connectivity index (χ0n) is 37.0. The lowest BCUT2D eigenvalue weighted by Crippen LogP contribution is -2.55. The van der Waals surface area contributed by atoms with Crippen LogP contribution in [0.5, 0.6) is 6.01 Å². The van der Waals surface area contributed by atoms with Gasteiger partial charge in [-0.05, 0) is 68.8 Å². The molecular weight excluding hydrogens is 787 g/mol. The third-order valence-corrected chi connectivity index (χ3v) is 16.9. The Balaban J connectivity index is 1.17. The molecule has 13 nitrogen and oxygen atoms in total. The molecule has 2 amide bonds. The van der Waals surface area contributed by atoms with Crippen LogP contribution in [0.3, 0.4) is 0 Å². The Morgan fingerprint density at radius 2 is 1.57 bits per heavy atom. The second-order valence-electron chi connectivity index (χ2n) is 19.0. The Morgan fingerprint density at radius 1 is 0.836 bits per heavy atom. The molecule has 0 saturated carbocycles. The van der Waals surface area contributed by atoms with Gasteiger partial charge < -0.3 is 33.3 Å². The molecule has 14 heteroatoms. The predicted octanol–water partition coefficient (Wildman–Crippen LogP) is 8.71. The summed E-state index contributed by atoms with van der Waals surface area (Å²) in [5, 5.41) is 12.3. The quantitative estimate of drug-likeness (QED) is 0.142. The van der Waals surface area contributed by atoms with E-state index in [-0.39, 0.29) is 42.8 Å². The van der Waals surface area contributed by atoms with E-state index in [4.69, 9.17) is 28.6 Å². The summed E-state index contributed by atoms with van der Waals surface area (Å²) < 4.78 is 25.0. The second-order valence-corrected chi connectivity index (χ2v) is 23.7. The predicted molar refractivity (Wildman–Crippen MR) is 239 cm³/mol. The molecule has 61 heavy (non-hydrogen) atoms. The van der Waals surface area contributed by atoms with Crippen molar-refractivity contribution in [2.75, 3.05) is 49.1 Å². The van der Waals surface area contributed by atoms with Gasteiger partial charge in [0.25, 0.3) is 0 Å². The van der Waals surface area contributed by atoms with Gasteiger partial charge in [-0.2, -0.15) is 15.2 Å². The first kappa shape index (κ1) is 43.7. The van der Waals surface area contributed by atoms with Crippen LogP contribution < -0.4 is 14.5 Å². The highest BCUT2D eigenvalue weighted by Crippen LogP contribution is 2.40. The van der Waals surface area contributed by atoms with Gasteiger partial charge in [0.05, 0.1) is 42.9 Å². The van der Waals surface area contributed by atoms with Crippen LogP contribution in [0.15, 0.2) is 72.8 Å². The van der Waals surface area contributed by atoms with Gasteiger partial charge in [-0.25, -0.2) is 9.59 Å². The third-order valence-electron chi connectivity index (χ3n) is 12.4. The maximum Gasteiger partial charge on any atom is 0.410 e. The number of hydrogen-bond acceptors (Lipinski definition) is 11. The number of carbonyl (C=O) groups excluding carboxylic acids is 2. The zero-order valence-corrected chi connectivity index (χ0v) is 38.0. The minimum absolute atomic E-state index is 0.00579. The summed E-state index contributed by atoms with van der Waals surface area (Å²) in [6.45, 7) is 20.0. The first-order valence-electron chi connectivity index (χ1n) is 21.5. The smallest absolute Gasteiger partial charge is 0.410 e. The van der Waals surface area contributed by atoms with Crippen LogP contribution in [0.2, 0.25) is 18.1 Å². The van der Waals surface area contributed by atoms with E-state index in [1.54, 1.807) is 9.80 Å². The van der Waals surface area contributed by atoms with Crippen LogP contribution in [-0.4, -0.2) is 103 Å². The minimum atomic E-state index is -2.14. The number of benzene rings is 3. The number of anilines is 2. The molecule has 7 rings (SSSR count). The summed E-state index contributed by atoms with van der Waals surface area (Å²) in [5.41, 5.74) is 3.25. The van der Waals surface area contributed by atoms with E-state index in [0.29, 0.717) is 45.6 Å². The van der Waals surface area contributed by atoms with Crippen LogP contribution in [0.4, 0.5) is 21.1 Å². The number of piperazine rings is 1. The number of nitriles is 1. The molecule has 2 fully saturated rings. The van der Waals surface area contributed by atoms with Gasteiger partial charge in [0.1, 0.15) is 24.6 Å². The largest absolute Gasteiger partial charge is 0.461 e. The fraction of sp³-hybridized carbons (Fsp3) is 0.511. The van der Waals surface area contributed by atoms with Crippen LogP contribution in [0.25, 0.3) is 10.8 Å². The molecule has 2 saturated heterocycles. The van der Waals surface area contributed by atoms with Gasteiger partial charge >= 0.3 is 18.2 Å². The maximum absolute atomic E-state index is 13.7. The Kier molecular flexibility index (Phi) is 12.8. The molecule has 0 spiro atoms. The van der Waals surface area contributed by atoms with E-state index in [1.165, 1.54) is 10.8 Å². The highest BCUT2D eigenvalue weighted by molar-refractivity contribution is 6.74. The maximum atomic E-state index is 13.7. The lowest BCUT2D eigenvalue weighted by molar-refractivity contribution is 0.0171. The molecule has 1 aromatic heterocycles. The fourth-order valence-electron chi connectivity index (χ4n) is 8.20. The molecule has 0 bridgehead atoms. The van der Waals surface area contributed by atoms with E-state index >= 15 is 0 Å². The van der Waals surface area contributed by atoms with E-state index in [0.717, 1.165) is 34.9 Å². The van der Waals surface area contributed by atoms with Crippen molar-refractivity contribution in [1.29, 1.82) is 5.26 Å². The van der Waals surface area contributed by atoms with Crippen molar-refractivity contribution >= 4 is 42.8 Å². The summed E-state index contributed by atoms with van der Waals surface area (Å²) in [5.74, 6) is 0.743. The van der Waals surface area contributed by atoms with Gasteiger partial charge in [-0.3, -0.25) is 4.90 Å². The number of likely N-dealkylation sites (tertiary alicyclic amines) is 1. The van der Waals surface area contributed by atoms with Crippen LogP contribution in [0.1, 0.15) is 71.2 Å². The molecule has 0 radical (unpaired) electrons. The Labute approximate surface area is 361 Å². The molecule has 4 heterocycles. The second kappa shape index (κ2) is 17.9.